The first-order valence-electron chi connectivity index (χ1n) is 9.76. The number of hydrogen-bond donors (Lipinski definition) is 0. The minimum Gasteiger partial charge on any atom is -0.371 e. The van der Waals surface area contributed by atoms with Gasteiger partial charge in [-0.1, -0.05) is 41.4 Å². The molecular formula is C22H24Cl2N2. The van der Waals surface area contributed by atoms with E-state index >= 15 is 0 Å². The summed E-state index contributed by atoms with van der Waals surface area (Å²) >= 11 is 13.0. The Morgan fingerprint density at radius 3 is 2.46 bits per heavy atom. The lowest BCUT2D eigenvalue weighted by molar-refractivity contribution is 0.230. The number of benzene rings is 2. The van der Waals surface area contributed by atoms with Crippen molar-refractivity contribution in [1.29, 1.82) is 0 Å². The Bertz CT molecular complexity index is 825. The van der Waals surface area contributed by atoms with Crippen LogP contribution in [-0.4, -0.2) is 30.6 Å². The van der Waals surface area contributed by atoms with E-state index in [9.17, 15) is 0 Å². The van der Waals surface area contributed by atoms with Crippen molar-refractivity contribution in [3.8, 4) is 0 Å². The number of hydrogen-bond acceptors (Lipinski definition) is 2. The van der Waals surface area contributed by atoms with Crippen LogP contribution in [0.3, 0.4) is 0 Å². The van der Waals surface area contributed by atoms with Gasteiger partial charge in [0.1, 0.15) is 0 Å². The molecule has 26 heavy (non-hydrogen) atoms. The van der Waals surface area contributed by atoms with Crippen molar-refractivity contribution < 1.29 is 0 Å². The summed E-state index contributed by atoms with van der Waals surface area (Å²) in [6.45, 7) is 4.36. The van der Waals surface area contributed by atoms with Gasteiger partial charge in [0.05, 0.1) is 0 Å². The van der Waals surface area contributed by atoms with Crippen molar-refractivity contribution in [2.75, 3.05) is 24.5 Å². The van der Waals surface area contributed by atoms with Gasteiger partial charge < -0.3 is 4.90 Å². The second-order valence-corrected chi connectivity index (χ2v) is 8.77. The van der Waals surface area contributed by atoms with Crippen LogP contribution >= 0.6 is 23.2 Å². The molecule has 0 radical (unpaired) electrons. The smallest absolute Gasteiger partial charge is 0.0468 e. The highest BCUT2D eigenvalue weighted by Gasteiger charge is 2.37. The van der Waals surface area contributed by atoms with E-state index in [0.717, 1.165) is 29.2 Å². The molecule has 2 aromatic carbocycles. The standard InChI is InChI=1S/C22H24Cl2N2/c23-15-11-18-19(13-26(16-7-8-16)14-20(18)21(24)12-15)17-5-1-2-6-22(17)25-9-3-4-10-25/h1-2,5-6,11-12,16,19H,3-4,7-10,13-14H2. The van der Waals surface area contributed by atoms with Crippen LogP contribution < -0.4 is 4.90 Å². The fourth-order valence-electron chi connectivity index (χ4n) is 4.71. The van der Waals surface area contributed by atoms with Crippen molar-refractivity contribution in [2.24, 2.45) is 0 Å². The summed E-state index contributed by atoms with van der Waals surface area (Å²) in [5.74, 6) is 0.340. The van der Waals surface area contributed by atoms with E-state index in [1.165, 1.54) is 61.2 Å². The van der Waals surface area contributed by atoms with Crippen LogP contribution in [0.1, 0.15) is 48.3 Å². The van der Waals surface area contributed by atoms with E-state index in [1.807, 2.05) is 6.07 Å². The predicted octanol–water partition coefficient (Wildman–Crippen LogP) is 5.70. The normalized spacial score (nSPS) is 23.3. The lowest BCUT2D eigenvalue weighted by atomic mass is 9.83. The molecule has 0 bridgehead atoms. The monoisotopic (exact) mass is 386 g/mol. The highest BCUT2D eigenvalue weighted by Crippen LogP contribution is 2.44. The minimum absolute atomic E-state index is 0.340. The molecule has 0 N–H and O–H groups in total. The van der Waals surface area contributed by atoms with E-state index < -0.39 is 0 Å². The molecule has 0 spiro atoms. The molecule has 1 saturated carbocycles. The molecule has 1 aliphatic carbocycles. The largest absolute Gasteiger partial charge is 0.371 e. The third kappa shape index (κ3) is 3.02. The summed E-state index contributed by atoms with van der Waals surface area (Å²) in [6, 6.07) is 13.7. The number of nitrogens with zero attached hydrogens (tertiary/aromatic N) is 2. The highest BCUT2D eigenvalue weighted by molar-refractivity contribution is 6.35. The van der Waals surface area contributed by atoms with Crippen LogP contribution in [0.5, 0.6) is 0 Å². The zero-order valence-corrected chi connectivity index (χ0v) is 16.4. The van der Waals surface area contributed by atoms with Gasteiger partial charge in [0, 0.05) is 53.9 Å². The molecule has 0 amide bonds. The third-order valence-electron chi connectivity index (χ3n) is 6.17. The average molecular weight is 387 g/mol. The van der Waals surface area contributed by atoms with Crippen molar-refractivity contribution in [3.63, 3.8) is 0 Å². The molecule has 2 aliphatic heterocycles. The van der Waals surface area contributed by atoms with Crippen LogP contribution in [0.2, 0.25) is 10.0 Å². The zero-order valence-electron chi connectivity index (χ0n) is 14.9. The molecule has 1 atom stereocenters. The van der Waals surface area contributed by atoms with Gasteiger partial charge in [-0.15, -0.1) is 0 Å². The second kappa shape index (κ2) is 6.74. The lowest BCUT2D eigenvalue weighted by Gasteiger charge is -2.37. The van der Waals surface area contributed by atoms with Crippen molar-refractivity contribution >= 4 is 28.9 Å². The fraction of sp³-hybridized carbons (Fsp3) is 0.455. The number of rotatable bonds is 3. The number of para-hydroxylation sites is 1. The molecule has 2 fully saturated rings. The minimum atomic E-state index is 0.340. The molecule has 4 heteroatoms. The maximum atomic E-state index is 6.64. The number of anilines is 1. The zero-order chi connectivity index (χ0) is 17.7. The number of halogens is 2. The van der Waals surface area contributed by atoms with E-state index in [1.54, 1.807) is 0 Å². The highest BCUT2D eigenvalue weighted by atomic mass is 35.5. The maximum absolute atomic E-state index is 6.64. The Hall–Kier alpha value is -1.22. The molecule has 136 valence electrons. The molecule has 2 aromatic rings. The Kier molecular flexibility index (Phi) is 4.39. The van der Waals surface area contributed by atoms with Gasteiger partial charge in [-0.2, -0.15) is 0 Å². The summed E-state index contributed by atoms with van der Waals surface area (Å²) in [5.41, 5.74) is 5.43. The summed E-state index contributed by atoms with van der Waals surface area (Å²) in [6.07, 6.45) is 5.23. The molecule has 1 unspecified atom stereocenters. The van der Waals surface area contributed by atoms with Gasteiger partial charge in [0.15, 0.2) is 0 Å². The molecule has 2 heterocycles. The van der Waals surface area contributed by atoms with Gasteiger partial charge in [-0.05, 0) is 60.6 Å². The van der Waals surface area contributed by atoms with Crippen molar-refractivity contribution in [2.45, 2.75) is 44.2 Å². The third-order valence-corrected chi connectivity index (χ3v) is 6.73. The van der Waals surface area contributed by atoms with Crippen LogP contribution in [0.25, 0.3) is 0 Å². The molecular weight excluding hydrogens is 363 g/mol. The summed E-state index contributed by atoms with van der Waals surface area (Å²) in [7, 11) is 0. The lowest BCUT2D eigenvalue weighted by Crippen LogP contribution is -2.36. The molecule has 1 saturated heterocycles. The van der Waals surface area contributed by atoms with E-state index in [4.69, 9.17) is 23.2 Å². The summed E-state index contributed by atoms with van der Waals surface area (Å²) in [5, 5.41) is 1.57. The summed E-state index contributed by atoms with van der Waals surface area (Å²) in [4.78, 5) is 5.19. The Morgan fingerprint density at radius 1 is 0.923 bits per heavy atom. The molecule has 0 aromatic heterocycles. The van der Waals surface area contributed by atoms with E-state index in [-0.39, 0.29) is 0 Å². The first kappa shape index (κ1) is 16.9. The van der Waals surface area contributed by atoms with Gasteiger partial charge in [0.25, 0.3) is 0 Å². The van der Waals surface area contributed by atoms with Crippen LogP contribution in [-0.2, 0) is 6.54 Å². The van der Waals surface area contributed by atoms with Gasteiger partial charge >= 0.3 is 0 Å². The first-order chi connectivity index (χ1) is 12.7. The Labute approximate surface area is 165 Å². The topological polar surface area (TPSA) is 6.48 Å². The average Bonchev–Trinajstić information content (AvgIpc) is 3.35. The Morgan fingerprint density at radius 2 is 1.69 bits per heavy atom. The van der Waals surface area contributed by atoms with Gasteiger partial charge in [0.2, 0.25) is 0 Å². The van der Waals surface area contributed by atoms with E-state index in [2.05, 4.69) is 40.1 Å². The Balaban J connectivity index is 1.62. The first-order valence-corrected chi connectivity index (χ1v) is 10.5. The SMILES string of the molecule is Clc1cc(Cl)c2c(c1)C(c1ccccc1N1CCCC1)CN(C1CC1)C2. The quantitative estimate of drug-likeness (QED) is 0.666. The van der Waals surface area contributed by atoms with Crippen molar-refractivity contribution in [1.82, 2.24) is 4.90 Å². The second-order valence-electron chi connectivity index (χ2n) is 7.92. The molecule has 2 nitrogen and oxygen atoms in total. The van der Waals surface area contributed by atoms with Gasteiger partial charge in [-0.3, -0.25) is 4.90 Å². The number of fused-ring (bicyclic) bond motifs is 1. The molecule has 3 aliphatic rings. The predicted molar refractivity (Wildman–Crippen MR) is 110 cm³/mol. The van der Waals surface area contributed by atoms with Crippen LogP contribution in [0, 0.1) is 0 Å². The van der Waals surface area contributed by atoms with E-state index in [0.29, 0.717) is 5.92 Å². The summed E-state index contributed by atoms with van der Waals surface area (Å²) < 4.78 is 0. The molecule has 5 rings (SSSR count). The fourth-order valence-corrected chi connectivity index (χ4v) is 5.28. The van der Waals surface area contributed by atoms with Crippen LogP contribution in [0.15, 0.2) is 36.4 Å². The van der Waals surface area contributed by atoms with Crippen LogP contribution in [0.4, 0.5) is 5.69 Å². The van der Waals surface area contributed by atoms with Gasteiger partial charge in [-0.25, -0.2) is 0 Å². The maximum Gasteiger partial charge on any atom is 0.0468 e. The van der Waals surface area contributed by atoms with Crippen molar-refractivity contribution in [3.05, 3.63) is 63.1 Å².